The molecule has 34 heavy (non-hydrogen) atoms. The molecule has 182 valence electrons. The first kappa shape index (κ1) is 25.9. The van der Waals surface area contributed by atoms with Crippen LogP contribution in [0.25, 0.3) is 0 Å². The van der Waals surface area contributed by atoms with E-state index in [-0.39, 0.29) is 22.2 Å². The number of hydrogen-bond donors (Lipinski definition) is 2. The van der Waals surface area contributed by atoms with E-state index in [1.165, 1.54) is 22.3 Å². The molecule has 0 fully saturated rings. The van der Waals surface area contributed by atoms with E-state index in [4.69, 9.17) is 5.73 Å². The maximum Gasteiger partial charge on any atom is 0.123 e. The zero-order chi connectivity index (χ0) is 25.6. The van der Waals surface area contributed by atoms with E-state index in [0.717, 1.165) is 22.4 Å². The summed E-state index contributed by atoms with van der Waals surface area (Å²) in [6.45, 7) is 22.0. The van der Waals surface area contributed by atoms with Gasteiger partial charge in [0, 0.05) is 17.2 Å². The number of aryl methyl sites for hydroxylation is 1. The molecule has 2 heteroatoms. The fourth-order valence-electron chi connectivity index (χ4n) is 5.11. The second kappa shape index (κ2) is 8.80. The number of nitrogens with two attached hydrogens (primary N) is 1. The second-order valence-electron chi connectivity index (χ2n) is 12.8. The van der Waals surface area contributed by atoms with Gasteiger partial charge < -0.3 is 10.8 Å². The van der Waals surface area contributed by atoms with Gasteiger partial charge in [-0.2, -0.15) is 0 Å². The summed E-state index contributed by atoms with van der Waals surface area (Å²) >= 11 is 0. The molecule has 0 radical (unpaired) electrons. The molecule has 0 bridgehead atoms. The summed E-state index contributed by atoms with van der Waals surface area (Å²) in [7, 11) is 0. The van der Waals surface area contributed by atoms with Gasteiger partial charge in [-0.15, -0.1) is 0 Å². The van der Waals surface area contributed by atoms with Crippen molar-refractivity contribution < 1.29 is 5.11 Å². The quantitative estimate of drug-likeness (QED) is 0.306. The maximum atomic E-state index is 11.7. The molecule has 0 saturated carbocycles. The number of anilines is 1. The highest BCUT2D eigenvalue weighted by atomic mass is 16.3. The van der Waals surface area contributed by atoms with Crippen LogP contribution in [0.15, 0.2) is 54.6 Å². The SMILES string of the molecule is Cc1cc(C(c2ccccc2)c2cc(C(C)(C)C)c(O)c(C(C)(C)C)c2C(C)(C)C)ccc1N. The Hall–Kier alpha value is -2.74. The number of rotatable bonds is 3. The fourth-order valence-corrected chi connectivity index (χ4v) is 5.11. The normalized spacial score (nSPS) is 13.7. The fraction of sp³-hybridized carbons (Fsp3) is 0.438. The van der Waals surface area contributed by atoms with E-state index in [9.17, 15) is 5.11 Å². The minimum absolute atomic E-state index is 0.0255. The van der Waals surface area contributed by atoms with Crippen molar-refractivity contribution in [1.29, 1.82) is 0 Å². The predicted molar refractivity (Wildman–Crippen MR) is 147 cm³/mol. The standard InChI is InChI=1S/C32H43NO/c1-20-18-22(16-17-25(20)33)26(21-14-12-11-13-15-21)23-19-24(30(2,3)4)29(34)28(32(8,9)10)27(23)31(5,6)7/h11-19,26,34H,33H2,1-10H3. The minimum atomic E-state index is -0.221. The van der Waals surface area contributed by atoms with Crippen molar-refractivity contribution in [3.8, 4) is 5.75 Å². The van der Waals surface area contributed by atoms with Gasteiger partial charge in [0.25, 0.3) is 0 Å². The molecule has 1 atom stereocenters. The molecule has 0 aliphatic rings. The third kappa shape index (κ3) is 5.02. The Balaban J connectivity index is 2.56. The number of phenols is 1. The van der Waals surface area contributed by atoms with Crippen LogP contribution in [0, 0.1) is 6.92 Å². The lowest BCUT2D eigenvalue weighted by molar-refractivity contribution is 0.412. The summed E-state index contributed by atoms with van der Waals surface area (Å²) in [5, 5.41) is 11.7. The van der Waals surface area contributed by atoms with Crippen molar-refractivity contribution in [3.05, 3.63) is 93.5 Å². The zero-order valence-electron chi connectivity index (χ0n) is 22.8. The van der Waals surface area contributed by atoms with Crippen LogP contribution in [0.4, 0.5) is 5.69 Å². The number of aromatic hydroxyl groups is 1. The van der Waals surface area contributed by atoms with Crippen LogP contribution in [0.1, 0.15) is 107 Å². The maximum absolute atomic E-state index is 11.7. The van der Waals surface area contributed by atoms with Gasteiger partial charge in [-0.05, 0) is 62.6 Å². The average Bonchev–Trinajstić information content (AvgIpc) is 2.69. The Morgan fingerprint density at radius 2 is 1.24 bits per heavy atom. The van der Waals surface area contributed by atoms with Crippen molar-refractivity contribution in [1.82, 2.24) is 0 Å². The average molecular weight is 458 g/mol. The largest absolute Gasteiger partial charge is 0.507 e. The number of benzene rings is 3. The van der Waals surface area contributed by atoms with Crippen LogP contribution in [0.3, 0.4) is 0 Å². The monoisotopic (exact) mass is 457 g/mol. The first-order valence-electron chi connectivity index (χ1n) is 12.4. The smallest absolute Gasteiger partial charge is 0.123 e. The van der Waals surface area contributed by atoms with E-state index in [2.05, 4.69) is 118 Å². The molecule has 2 nitrogen and oxygen atoms in total. The summed E-state index contributed by atoms with van der Waals surface area (Å²) in [5.74, 6) is 0.464. The Morgan fingerprint density at radius 3 is 1.71 bits per heavy atom. The molecule has 0 aliphatic carbocycles. The van der Waals surface area contributed by atoms with Gasteiger partial charge in [-0.1, -0.05) is 111 Å². The molecular formula is C32H43NO. The van der Waals surface area contributed by atoms with Gasteiger partial charge in [0.1, 0.15) is 5.75 Å². The lowest BCUT2D eigenvalue weighted by Gasteiger charge is -2.38. The van der Waals surface area contributed by atoms with Crippen molar-refractivity contribution in [2.75, 3.05) is 5.73 Å². The van der Waals surface area contributed by atoms with Gasteiger partial charge in [-0.25, -0.2) is 0 Å². The Morgan fingerprint density at radius 1 is 0.676 bits per heavy atom. The number of nitrogen functional groups attached to an aromatic ring is 1. The topological polar surface area (TPSA) is 46.2 Å². The van der Waals surface area contributed by atoms with Crippen LogP contribution >= 0.6 is 0 Å². The highest BCUT2D eigenvalue weighted by Crippen LogP contribution is 2.50. The van der Waals surface area contributed by atoms with Gasteiger partial charge in [-0.3, -0.25) is 0 Å². The Kier molecular flexibility index (Phi) is 6.70. The molecule has 0 heterocycles. The van der Waals surface area contributed by atoms with E-state index in [1.807, 2.05) is 6.07 Å². The zero-order valence-corrected chi connectivity index (χ0v) is 22.8. The van der Waals surface area contributed by atoms with Crippen LogP contribution in [0.5, 0.6) is 5.75 Å². The van der Waals surface area contributed by atoms with Crippen LogP contribution in [0.2, 0.25) is 0 Å². The molecule has 3 aromatic carbocycles. The molecule has 1 unspecified atom stereocenters. The highest BCUT2D eigenvalue weighted by molar-refractivity contribution is 5.62. The molecule has 3 aromatic rings. The molecule has 0 spiro atoms. The molecule has 3 N–H and O–H groups in total. The Bertz CT molecular complexity index is 1170. The minimum Gasteiger partial charge on any atom is -0.507 e. The lowest BCUT2D eigenvalue weighted by Crippen LogP contribution is -2.28. The first-order chi connectivity index (χ1) is 15.5. The summed E-state index contributed by atoms with van der Waals surface area (Å²) in [4.78, 5) is 0. The molecule has 0 saturated heterocycles. The van der Waals surface area contributed by atoms with Crippen molar-refractivity contribution >= 4 is 5.69 Å². The second-order valence-corrected chi connectivity index (χ2v) is 12.8. The predicted octanol–water partition coefficient (Wildman–Crippen LogP) is 8.36. The summed E-state index contributed by atoms with van der Waals surface area (Å²) in [6.07, 6.45) is 0. The third-order valence-electron chi connectivity index (χ3n) is 6.71. The summed E-state index contributed by atoms with van der Waals surface area (Å²) in [5.41, 5.74) is 14.5. The van der Waals surface area contributed by atoms with E-state index in [1.54, 1.807) is 0 Å². The third-order valence-corrected chi connectivity index (χ3v) is 6.71. The summed E-state index contributed by atoms with van der Waals surface area (Å²) < 4.78 is 0. The van der Waals surface area contributed by atoms with Gasteiger partial charge >= 0.3 is 0 Å². The van der Waals surface area contributed by atoms with Gasteiger partial charge in [0.05, 0.1) is 0 Å². The van der Waals surface area contributed by atoms with Crippen molar-refractivity contribution in [3.63, 3.8) is 0 Å². The first-order valence-corrected chi connectivity index (χ1v) is 12.4. The van der Waals surface area contributed by atoms with Crippen LogP contribution < -0.4 is 5.73 Å². The van der Waals surface area contributed by atoms with Crippen molar-refractivity contribution in [2.45, 2.75) is 91.4 Å². The van der Waals surface area contributed by atoms with E-state index in [0.29, 0.717) is 5.75 Å². The molecule has 0 aromatic heterocycles. The molecule has 0 aliphatic heterocycles. The van der Waals surface area contributed by atoms with Crippen LogP contribution in [-0.4, -0.2) is 5.11 Å². The molecule has 3 rings (SSSR count). The van der Waals surface area contributed by atoms with Crippen molar-refractivity contribution in [2.24, 2.45) is 0 Å². The Labute approximate surface area is 207 Å². The number of phenolic OH excluding ortho intramolecular Hbond substituents is 1. The van der Waals surface area contributed by atoms with E-state index >= 15 is 0 Å². The molecule has 0 amide bonds. The number of hydrogen-bond acceptors (Lipinski definition) is 2. The summed E-state index contributed by atoms with van der Waals surface area (Å²) in [6, 6.07) is 19.4. The van der Waals surface area contributed by atoms with E-state index < -0.39 is 0 Å². The van der Waals surface area contributed by atoms with Gasteiger partial charge in [0.15, 0.2) is 0 Å². The van der Waals surface area contributed by atoms with Crippen LogP contribution in [-0.2, 0) is 16.2 Å². The highest BCUT2D eigenvalue weighted by Gasteiger charge is 2.37. The molecular weight excluding hydrogens is 414 g/mol. The lowest BCUT2D eigenvalue weighted by atomic mass is 9.66. The van der Waals surface area contributed by atoms with Gasteiger partial charge in [0.2, 0.25) is 0 Å².